The Morgan fingerprint density at radius 2 is 1.36 bits per heavy atom. The van der Waals surface area contributed by atoms with Crippen molar-refractivity contribution in [3.05, 3.63) is 72.1 Å². The van der Waals surface area contributed by atoms with Gasteiger partial charge in [0, 0.05) is 11.9 Å². The van der Waals surface area contributed by atoms with Gasteiger partial charge in [0.1, 0.15) is 5.69 Å². The molecule has 0 bridgehead atoms. The van der Waals surface area contributed by atoms with Crippen molar-refractivity contribution in [2.45, 2.75) is 26.7 Å². The topological polar surface area (TPSA) is 54.4 Å². The number of nitrogens with two attached hydrogens (primary N) is 1. The highest BCUT2D eigenvalue weighted by Gasteiger charge is 2.11. The molecule has 3 N–H and O–H groups in total. The zero-order valence-electron chi connectivity index (χ0n) is 14.5. The molecule has 0 atom stereocenters. The van der Waals surface area contributed by atoms with Crippen LogP contribution in [0.4, 0.5) is 23.0 Å². The number of quaternary nitrogens is 1. The van der Waals surface area contributed by atoms with Crippen LogP contribution in [0.1, 0.15) is 25.0 Å². The predicted octanol–water partition coefficient (Wildman–Crippen LogP) is 0.876. The molecular weight excluding hydrogens is 332 g/mol. The van der Waals surface area contributed by atoms with Crippen LogP contribution in [-0.4, -0.2) is 9.97 Å². The molecular formula is C20H23ClN4. The average Bonchev–Trinajstić information content (AvgIpc) is 2.64. The van der Waals surface area contributed by atoms with Crippen molar-refractivity contribution >= 4 is 23.0 Å². The molecule has 0 aliphatic carbocycles. The summed E-state index contributed by atoms with van der Waals surface area (Å²) >= 11 is 0. The van der Waals surface area contributed by atoms with Gasteiger partial charge in [-0.2, -0.15) is 4.98 Å². The fourth-order valence-corrected chi connectivity index (χ4v) is 2.52. The Hall–Kier alpha value is -2.43. The summed E-state index contributed by atoms with van der Waals surface area (Å²) in [5, 5.41) is 5.41. The number of hydrogen-bond donors (Lipinski definition) is 2. The average molecular weight is 355 g/mol. The molecule has 0 aliphatic heterocycles. The molecule has 0 saturated heterocycles. The number of benzene rings is 2. The summed E-state index contributed by atoms with van der Waals surface area (Å²) in [6, 6.07) is 17.0. The fraction of sp³-hybridized carbons (Fsp3) is 0.200. The Kier molecular flexibility index (Phi) is 6.92. The lowest BCUT2D eigenvalue weighted by Crippen LogP contribution is -3.00. The largest absolute Gasteiger partial charge is 1.00 e. The third-order valence-corrected chi connectivity index (χ3v) is 4.04. The number of rotatable bonds is 6. The van der Waals surface area contributed by atoms with Crippen molar-refractivity contribution in [1.82, 2.24) is 9.97 Å². The Labute approximate surface area is 155 Å². The highest BCUT2D eigenvalue weighted by atomic mass is 35.5. The number of hydrogen-bond acceptors (Lipinski definition) is 3. The van der Waals surface area contributed by atoms with E-state index in [0.717, 1.165) is 35.9 Å². The van der Waals surface area contributed by atoms with Crippen molar-refractivity contribution in [2.75, 3.05) is 5.32 Å². The quantitative estimate of drug-likeness (QED) is 0.646. The minimum absolute atomic E-state index is 0. The second kappa shape index (κ2) is 9.16. The van der Waals surface area contributed by atoms with E-state index in [1.807, 2.05) is 0 Å². The zero-order valence-corrected chi connectivity index (χ0v) is 15.3. The number of nitrogens with one attached hydrogen (secondary N) is 1. The minimum Gasteiger partial charge on any atom is -1.00 e. The Balaban J connectivity index is 0.00000225. The van der Waals surface area contributed by atoms with Crippen LogP contribution in [0.5, 0.6) is 0 Å². The van der Waals surface area contributed by atoms with Crippen molar-refractivity contribution in [3.8, 4) is 0 Å². The van der Waals surface area contributed by atoms with Crippen LogP contribution in [0.25, 0.3) is 0 Å². The van der Waals surface area contributed by atoms with Crippen LogP contribution < -0.4 is 23.0 Å². The number of nitrogens with zero attached hydrogens (tertiary/aromatic N) is 2. The third kappa shape index (κ3) is 5.02. The van der Waals surface area contributed by atoms with Gasteiger partial charge in [0.25, 0.3) is 5.82 Å². The van der Waals surface area contributed by atoms with Crippen LogP contribution in [0.3, 0.4) is 0 Å². The predicted molar refractivity (Wildman–Crippen MR) is 98.2 cm³/mol. The van der Waals surface area contributed by atoms with Gasteiger partial charge in [0.2, 0.25) is 5.82 Å². The highest BCUT2D eigenvalue weighted by Crippen LogP contribution is 2.19. The molecule has 0 spiro atoms. The van der Waals surface area contributed by atoms with Gasteiger partial charge in [-0.05, 0) is 48.2 Å². The van der Waals surface area contributed by atoms with Crippen molar-refractivity contribution in [1.29, 1.82) is 0 Å². The molecule has 0 unspecified atom stereocenters. The monoisotopic (exact) mass is 354 g/mol. The lowest BCUT2D eigenvalue weighted by molar-refractivity contribution is -0.482. The summed E-state index contributed by atoms with van der Waals surface area (Å²) in [7, 11) is 0. The van der Waals surface area contributed by atoms with Gasteiger partial charge in [-0.3, -0.25) is 5.32 Å². The molecule has 130 valence electrons. The van der Waals surface area contributed by atoms with E-state index in [1.54, 1.807) is 12.4 Å². The number of aryl methyl sites for hydroxylation is 2. The second-order valence-electron chi connectivity index (χ2n) is 5.71. The minimum atomic E-state index is 0. The van der Waals surface area contributed by atoms with E-state index in [2.05, 4.69) is 83.0 Å². The molecule has 3 aromatic rings. The van der Waals surface area contributed by atoms with Gasteiger partial charge in [-0.25, -0.2) is 4.98 Å². The van der Waals surface area contributed by atoms with Gasteiger partial charge >= 0.3 is 0 Å². The van der Waals surface area contributed by atoms with Gasteiger partial charge in [-0.15, -0.1) is 0 Å². The molecule has 0 fully saturated rings. The van der Waals surface area contributed by atoms with Crippen LogP contribution >= 0.6 is 0 Å². The summed E-state index contributed by atoms with van der Waals surface area (Å²) in [6.45, 7) is 4.31. The van der Waals surface area contributed by atoms with E-state index in [1.165, 1.54) is 11.1 Å². The molecule has 5 heteroatoms. The lowest BCUT2D eigenvalue weighted by atomic mass is 10.1. The second-order valence-corrected chi connectivity index (χ2v) is 5.71. The van der Waals surface area contributed by atoms with Crippen molar-refractivity contribution < 1.29 is 17.7 Å². The third-order valence-electron chi connectivity index (χ3n) is 4.04. The Morgan fingerprint density at radius 3 is 1.96 bits per heavy atom. The first-order valence-corrected chi connectivity index (χ1v) is 8.39. The summed E-state index contributed by atoms with van der Waals surface area (Å²) in [5.74, 6) is 1.60. The maximum absolute atomic E-state index is 4.47. The maximum atomic E-state index is 4.47. The van der Waals surface area contributed by atoms with Gasteiger partial charge in [0.05, 0.1) is 6.20 Å². The summed E-state index contributed by atoms with van der Waals surface area (Å²) in [6.07, 6.45) is 5.52. The number of anilines is 2. The van der Waals surface area contributed by atoms with E-state index in [0.29, 0.717) is 0 Å². The van der Waals surface area contributed by atoms with Crippen LogP contribution in [0.15, 0.2) is 60.9 Å². The van der Waals surface area contributed by atoms with E-state index < -0.39 is 0 Å². The normalized spacial score (nSPS) is 10.2. The number of halogens is 1. The van der Waals surface area contributed by atoms with Crippen LogP contribution in [-0.2, 0) is 12.8 Å². The molecule has 1 heterocycles. The van der Waals surface area contributed by atoms with Crippen molar-refractivity contribution in [2.24, 2.45) is 0 Å². The van der Waals surface area contributed by atoms with Gasteiger partial charge < -0.3 is 17.7 Å². The Morgan fingerprint density at radius 1 is 0.800 bits per heavy atom. The molecule has 4 nitrogen and oxygen atoms in total. The zero-order chi connectivity index (χ0) is 16.8. The fourth-order valence-electron chi connectivity index (χ4n) is 2.52. The standard InChI is InChI=1S/C20H22N4.ClH/c1-3-15-5-9-17(10-6-15)23-19-20(22-14-13-21-19)24-18-11-7-16(4-2)8-12-18;/h5-14H,3-4H2,1-2H3,(H,21,23)(H,22,24);1H. The highest BCUT2D eigenvalue weighted by molar-refractivity contribution is 5.63. The van der Waals surface area contributed by atoms with E-state index in [9.17, 15) is 0 Å². The molecule has 2 aromatic carbocycles. The van der Waals surface area contributed by atoms with Crippen molar-refractivity contribution in [3.63, 3.8) is 0 Å². The van der Waals surface area contributed by atoms with E-state index in [4.69, 9.17) is 0 Å². The summed E-state index contributed by atoms with van der Waals surface area (Å²) < 4.78 is 0. The first-order chi connectivity index (χ1) is 11.8. The van der Waals surface area contributed by atoms with E-state index >= 15 is 0 Å². The van der Waals surface area contributed by atoms with E-state index in [-0.39, 0.29) is 12.4 Å². The first kappa shape index (κ1) is 18.9. The molecule has 0 aliphatic rings. The van der Waals surface area contributed by atoms with Crippen LogP contribution in [0.2, 0.25) is 0 Å². The molecule has 25 heavy (non-hydrogen) atoms. The lowest BCUT2D eigenvalue weighted by Gasteiger charge is -2.08. The molecule has 0 radical (unpaired) electrons. The maximum Gasteiger partial charge on any atom is 0.273 e. The summed E-state index contributed by atoms with van der Waals surface area (Å²) in [5.41, 5.74) is 4.80. The SMILES string of the molecule is CCc1ccc(Nc2nccnc2[NH2+]c2ccc(CC)cc2)cc1.[Cl-]. The molecule has 1 aromatic heterocycles. The molecule has 0 amide bonds. The number of aromatic nitrogens is 2. The van der Waals surface area contributed by atoms with Crippen LogP contribution in [0, 0.1) is 0 Å². The molecule has 0 saturated carbocycles. The van der Waals surface area contributed by atoms with Gasteiger partial charge in [0.15, 0.2) is 0 Å². The van der Waals surface area contributed by atoms with Gasteiger partial charge in [-0.1, -0.05) is 38.1 Å². The Bertz CT molecular complexity index is 717. The molecule has 3 rings (SSSR count). The first-order valence-electron chi connectivity index (χ1n) is 8.39. The summed E-state index contributed by atoms with van der Waals surface area (Å²) in [4.78, 5) is 8.91. The smallest absolute Gasteiger partial charge is 0.273 e.